The molecule has 112 valence electrons. The predicted molar refractivity (Wildman–Crippen MR) is 82.6 cm³/mol. The second kappa shape index (κ2) is 7.61. The largest absolute Gasteiger partial charge is 0.314 e. The highest BCUT2D eigenvalue weighted by atomic mass is 15.2. The van der Waals surface area contributed by atoms with E-state index in [1.807, 2.05) is 0 Å². The lowest BCUT2D eigenvalue weighted by Crippen LogP contribution is -2.52. The smallest absolute Gasteiger partial charge is 0.0217 e. The van der Waals surface area contributed by atoms with Crippen LogP contribution < -0.4 is 5.32 Å². The molecule has 0 aromatic heterocycles. The molecule has 1 saturated carbocycles. The summed E-state index contributed by atoms with van der Waals surface area (Å²) in [6, 6.07) is 2.39. The van der Waals surface area contributed by atoms with E-state index in [0.29, 0.717) is 0 Å². The van der Waals surface area contributed by atoms with Crippen LogP contribution >= 0.6 is 0 Å². The van der Waals surface area contributed by atoms with Crippen molar-refractivity contribution in [3.05, 3.63) is 0 Å². The molecule has 19 heavy (non-hydrogen) atoms. The summed E-state index contributed by atoms with van der Waals surface area (Å²) in [4.78, 5) is 5.20. The minimum Gasteiger partial charge on any atom is -0.314 e. The van der Waals surface area contributed by atoms with Crippen molar-refractivity contribution in [2.45, 2.75) is 70.0 Å². The molecule has 2 rings (SSSR count). The maximum atomic E-state index is 3.74. The molecule has 3 atom stereocenters. The maximum Gasteiger partial charge on any atom is 0.0217 e. The van der Waals surface area contributed by atoms with E-state index >= 15 is 0 Å². The fraction of sp³-hybridized carbons (Fsp3) is 1.00. The number of likely N-dealkylation sites (tertiary alicyclic amines) is 1. The van der Waals surface area contributed by atoms with Crippen molar-refractivity contribution in [3.8, 4) is 0 Å². The van der Waals surface area contributed by atoms with Gasteiger partial charge in [-0.3, -0.25) is 4.90 Å². The Morgan fingerprint density at radius 3 is 2.74 bits per heavy atom. The van der Waals surface area contributed by atoms with E-state index in [-0.39, 0.29) is 0 Å². The number of hydrogen-bond acceptors (Lipinski definition) is 3. The lowest BCUT2D eigenvalue weighted by atomic mass is 9.88. The molecule has 0 spiro atoms. The quantitative estimate of drug-likeness (QED) is 0.825. The average Bonchev–Trinajstić information content (AvgIpc) is 2.45. The molecule has 3 heteroatoms. The molecular weight excluding hydrogens is 234 g/mol. The van der Waals surface area contributed by atoms with Crippen LogP contribution in [0.15, 0.2) is 0 Å². The minimum absolute atomic E-state index is 0.776. The van der Waals surface area contributed by atoms with Gasteiger partial charge in [-0.1, -0.05) is 13.3 Å². The highest BCUT2D eigenvalue weighted by Gasteiger charge is 2.30. The van der Waals surface area contributed by atoms with Gasteiger partial charge >= 0.3 is 0 Å². The molecule has 0 aromatic carbocycles. The number of rotatable bonds is 5. The Bertz CT molecular complexity index is 254. The second-order valence-corrected chi connectivity index (χ2v) is 6.73. The van der Waals surface area contributed by atoms with Crippen LogP contribution in [0.25, 0.3) is 0 Å². The van der Waals surface area contributed by atoms with Crippen LogP contribution in [0, 0.1) is 0 Å². The molecule has 1 N–H and O–H groups in total. The molecule has 0 aromatic rings. The summed E-state index contributed by atoms with van der Waals surface area (Å²) < 4.78 is 0. The third-order valence-corrected chi connectivity index (χ3v) is 5.00. The van der Waals surface area contributed by atoms with E-state index in [0.717, 1.165) is 18.1 Å². The Morgan fingerprint density at radius 1 is 1.16 bits per heavy atom. The van der Waals surface area contributed by atoms with E-state index in [4.69, 9.17) is 0 Å². The third-order valence-electron chi connectivity index (χ3n) is 5.00. The summed E-state index contributed by atoms with van der Waals surface area (Å²) in [6.07, 6.45) is 9.62. The van der Waals surface area contributed by atoms with Crippen LogP contribution in [0.1, 0.15) is 51.9 Å². The zero-order valence-electron chi connectivity index (χ0n) is 13.2. The Balaban J connectivity index is 1.82. The number of piperidine rings is 1. The normalized spacial score (nSPS) is 33.8. The zero-order valence-corrected chi connectivity index (χ0v) is 13.2. The van der Waals surface area contributed by atoms with E-state index < -0.39 is 0 Å². The average molecular weight is 267 g/mol. The van der Waals surface area contributed by atoms with Crippen LogP contribution in [0.5, 0.6) is 0 Å². The van der Waals surface area contributed by atoms with Gasteiger partial charge in [-0.2, -0.15) is 0 Å². The highest BCUT2D eigenvalue weighted by Crippen LogP contribution is 2.26. The topological polar surface area (TPSA) is 18.5 Å². The zero-order chi connectivity index (χ0) is 13.7. The minimum atomic E-state index is 0.776. The van der Waals surface area contributed by atoms with Crippen LogP contribution in [-0.2, 0) is 0 Å². The molecule has 1 saturated heterocycles. The van der Waals surface area contributed by atoms with E-state index in [9.17, 15) is 0 Å². The first-order valence-electron chi connectivity index (χ1n) is 8.34. The standard InChI is InChI=1S/C16H33N3/c1-4-10-17-14-7-5-8-15(12-14)19-11-6-9-16(13-19)18(2)3/h14-17H,4-13H2,1-3H3. The predicted octanol–water partition coefficient (Wildman–Crippen LogP) is 2.32. The first-order chi connectivity index (χ1) is 9.20. The van der Waals surface area contributed by atoms with Crippen molar-refractivity contribution in [2.75, 3.05) is 33.7 Å². The van der Waals surface area contributed by atoms with Gasteiger partial charge in [-0.25, -0.2) is 0 Å². The molecule has 1 aliphatic carbocycles. The number of hydrogen-bond donors (Lipinski definition) is 1. The van der Waals surface area contributed by atoms with Crippen molar-refractivity contribution in [1.29, 1.82) is 0 Å². The van der Waals surface area contributed by atoms with E-state index in [1.165, 1.54) is 64.6 Å². The molecule has 1 heterocycles. The van der Waals surface area contributed by atoms with Gasteiger partial charge in [0.25, 0.3) is 0 Å². The van der Waals surface area contributed by atoms with Gasteiger partial charge in [0.05, 0.1) is 0 Å². The molecule has 1 aliphatic heterocycles. The van der Waals surface area contributed by atoms with E-state index in [2.05, 4.69) is 36.1 Å². The van der Waals surface area contributed by atoms with Crippen LogP contribution in [0.3, 0.4) is 0 Å². The van der Waals surface area contributed by atoms with Crippen molar-refractivity contribution >= 4 is 0 Å². The van der Waals surface area contributed by atoms with Gasteiger partial charge in [0.1, 0.15) is 0 Å². The number of nitrogens with one attached hydrogen (secondary N) is 1. The molecule has 0 radical (unpaired) electrons. The molecule has 2 aliphatic rings. The lowest BCUT2D eigenvalue weighted by molar-refractivity contribution is 0.0713. The van der Waals surface area contributed by atoms with Gasteiger partial charge in [0.2, 0.25) is 0 Å². The van der Waals surface area contributed by atoms with Crippen molar-refractivity contribution < 1.29 is 0 Å². The Kier molecular flexibility index (Phi) is 6.11. The summed E-state index contributed by atoms with van der Waals surface area (Å²) >= 11 is 0. The molecule has 0 amide bonds. The molecule has 3 nitrogen and oxygen atoms in total. The summed E-state index contributed by atoms with van der Waals surface area (Å²) in [7, 11) is 4.47. The van der Waals surface area contributed by atoms with Crippen molar-refractivity contribution in [1.82, 2.24) is 15.1 Å². The lowest BCUT2D eigenvalue weighted by Gasteiger charge is -2.43. The summed E-state index contributed by atoms with van der Waals surface area (Å²) in [5, 5.41) is 3.74. The Hall–Kier alpha value is -0.120. The molecule has 0 bridgehead atoms. The summed E-state index contributed by atoms with van der Waals surface area (Å²) in [5.74, 6) is 0. The van der Waals surface area contributed by atoms with Crippen molar-refractivity contribution in [3.63, 3.8) is 0 Å². The van der Waals surface area contributed by atoms with Crippen LogP contribution in [0.4, 0.5) is 0 Å². The summed E-state index contributed by atoms with van der Waals surface area (Å²) in [5.41, 5.74) is 0. The fourth-order valence-corrected chi connectivity index (χ4v) is 3.77. The van der Waals surface area contributed by atoms with Crippen LogP contribution in [0.2, 0.25) is 0 Å². The number of likely N-dealkylation sites (N-methyl/N-ethyl adjacent to an activating group) is 1. The van der Waals surface area contributed by atoms with Gasteiger partial charge in [-0.05, 0) is 65.7 Å². The van der Waals surface area contributed by atoms with Crippen LogP contribution in [-0.4, -0.2) is 61.7 Å². The van der Waals surface area contributed by atoms with Crippen molar-refractivity contribution in [2.24, 2.45) is 0 Å². The maximum absolute atomic E-state index is 3.74. The first kappa shape index (κ1) is 15.3. The molecule has 2 fully saturated rings. The molecule has 3 unspecified atom stereocenters. The summed E-state index contributed by atoms with van der Waals surface area (Å²) in [6.45, 7) is 6.07. The number of nitrogens with zero attached hydrogens (tertiary/aromatic N) is 2. The fourth-order valence-electron chi connectivity index (χ4n) is 3.77. The third kappa shape index (κ3) is 4.44. The SMILES string of the molecule is CCCNC1CCCC(N2CCCC(N(C)C)C2)C1. The van der Waals surface area contributed by atoms with Gasteiger partial charge in [0, 0.05) is 24.7 Å². The Morgan fingerprint density at radius 2 is 2.00 bits per heavy atom. The monoisotopic (exact) mass is 267 g/mol. The highest BCUT2D eigenvalue weighted by molar-refractivity contribution is 4.88. The first-order valence-corrected chi connectivity index (χ1v) is 8.34. The molecular formula is C16H33N3. The second-order valence-electron chi connectivity index (χ2n) is 6.73. The Labute approximate surface area is 119 Å². The van der Waals surface area contributed by atoms with Gasteiger partial charge in [0.15, 0.2) is 0 Å². The van der Waals surface area contributed by atoms with Gasteiger partial charge in [-0.15, -0.1) is 0 Å². The van der Waals surface area contributed by atoms with Gasteiger partial charge < -0.3 is 10.2 Å². The van der Waals surface area contributed by atoms with E-state index in [1.54, 1.807) is 0 Å².